The Hall–Kier alpha value is -1.31. The van der Waals surface area contributed by atoms with Crippen LogP contribution in [-0.4, -0.2) is 23.9 Å². The third kappa shape index (κ3) is 3.34. The van der Waals surface area contributed by atoms with Gasteiger partial charge in [-0.25, -0.2) is 0 Å². The maximum absolute atomic E-state index is 12.3. The minimum absolute atomic E-state index is 0.275. The molecule has 1 heterocycles. The molecule has 0 aromatic heterocycles. The summed E-state index contributed by atoms with van der Waals surface area (Å²) in [7, 11) is 0. The van der Waals surface area contributed by atoms with Crippen molar-refractivity contribution in [2.75, 3.05) is 13.1 Å². The predicted octanol–water partition coefficient (Wildman–Crippen LogP) is 3.04. The lowest BCUT2D eigenvalue weighted by atomic mass is 9.91. The summed E-state index contributed by atoms with van der Waals surface area (Å²) in [5.74, 6) is 1.55. The first-order chi connectivity index (χ1) is 8.54. The van der Waals surface area contributed by atoms with Crippen LogP contribution in [-0.2, 0) is 11.2 Å². The molecule has 2 rings (SSSR count). The van der Waals surface area contributed by atoms with Crippen molar-refractivity contribution in [3.05, 3.63) is 35.4 Å². The fourth-order valence-electron chi connectivity index (χ4n) is 2.86. The topological polar surface area (TPSA) is 20.3 Å². The van der Waals surface area contributed by atoms with Crippen LogP contribution in [0.15, 0.2) is 24.3 Å². The van der Waals surface area contributed by atoms with Gasteiger partial charge >= 0.3 is 0 Å². The van der Waals surface area contributed by atoms with Crippen molar-refractivity contribution in [2.45, 2.75) is 33.6 Å². The number of hydrogen-bond donors (Lipinski definition) is 0. The highest BCUT2D eigenvalue weighted by Crippen LogP contribution is 2.21. The molecule has 0 spiro atoms. The molecule has 2 atom stereocenters. The second-order valence-corrected chi connectivity index (χ2v) is 5.91. The zero-order valence-corrected chi connectivity index (χ0v) is 11.6. The van der Waals surface area contributed by atoms with E-state index in [2.05, 4.69) is 45.0 Å². The first kappa shape index (κ1) is 13.1. The van der Waals surface area contributed by atoms with E-state index in [1.165, 1.54) is 12.0 Å². The standard InChI is InChI=1S/C16H23NO/c1-12-4-6-15(7-5-12)9-16(18)17-10-13(2)8-14(3)11-17/h4-7,13-14H,8-11H2,1-3H3/t13-,14+. The molecular formula is C16H23NO. The van der Waals surface area contributed by atoms with Crippen molar-refractivity contribution >= 4 is 5.91 Å². The molecule has 0 radical (unpaired) electrons. The molecule has 1 fully saturated rings. The normalized spacial score (nSPS) is 24.1. The Labute approximate surface area is 110 Å². The van der Waals surface area contributed by atoms with Crippen molar-refractivity contribution in [3.63, 3.8) is 0 Å². The maximum Gasteiger partial charge on any atom is 0.227 e. The molecule has 1 aromatic rings. The molecule has 1 saturated heterocycles. The van der Waals surface area contributed by atoms with Gasteiger partial charge < -0.3 is 4.90 Å². The van der Waals surface area contributed by atoms with E-state index in [1.54, 1.807) is 0 Å². The summed E-state index contributed by atoms with van der Waals surface area (Å²) < 4.78 is 0. The minimum Gasteiger partial charge on any atom is -0.342 e. The number of amides is 1. The van der Waals surface area contributed by atoms with Gasteiger partial charge in [0.1, 0.15) is 0 Å². The highest BCUT2D eigenvalue weighted by Gasteiger charge is 2.25. The van der Waals surface area contributed by atoms with Gasteiger partial charge in [0.2, 0.25) is 5.91 Å². The van der Waals surface area contributed by atoms with Gasteiger partial charge in [0.05, 0.1) is 6.42 Å². The summed E-state index contributed by atoms with van der Waals surface area (Å²) in [5, 5.41) is 0. The number of aryl methyl sites for hydroxylation is 1. The first-order valence-corrected chi connectivity index (χ1v) is 6.88. The quantitative estimate of drug-likeness (QED) is 0.784. The summed E-state index contributed by atoms with van der Waals surface area (Å²) >= 11 is 0. The van der Waals surface area contributed by atoms with Gasteiger partial charge in [-0.1, -0.05) is 43.7 Å². The van der Waals surface area contributed by atoms with E-state index >= 15 is 0 Å². The molecule has 0 bridgehead atoms. The van der Waals surface area contributed by atoms with E-state index in [0.717, 1.165) is 18.7 Å². The molecular weight excluding hydrogens is 222 g/mol. The lowest BCUT2D eigenvalue weighted by molar-refractivity contribution is -0.133. The summed E-state index contributed by atoms with van der Waals surface area (Å²) in [4.78, 5) is 14.3. The molecule has 2 nitrogen and oxygen atoms in total. The molecule has 1 aliphatic heterocycles. The van der Waals surface area contributed by atoms with E-state index in [1.807, 2.05) is 4.90 Å². The van der Waals surface area contributed by atoms with Crippen LogP contribution in [0.1, 0.15) is 31.4 Å². The summed E-state index contributed by atoms with van der Waals surface area (Å²) in [6, 6.07) is 8.27. The Morgan fingerprint density at radius 3 is 2.28 bits per heavy atom. The van der Waals surface area contributed by atoms with Gasteiger partial charge in [0.15, 0.2) is 0 Å². The number of carbonyl (C=O) groups excluding carboxylic acids is 1. The fraction of sp³-hybridized carbons (Fsp3) is 0.562. The van der Waals surface area contributed by atoms with E-state index < -0.39 is 0 Å². The van der Waals surface area contributed by atoms with Crippen LogP contribution in [0, 0.1) is 18.8 Å². The summed E-state index contributed by atoms with van der Waals surface area (Å²) in [6.07, 6.45) is 1.79. The lowest BCUT2D eigenvalue weighted by Crippen LogP contribution is -2.43. The molecule has 98 valence electrons. The van der Waals surface area contributed by atoms with Crippen LogP contribution < -0.4 is 0 Å². The SMILES string of the molecule is Cc1ccc(CC(=O)N2C[C@H](C)C[C@H](C)C2)cc1. The van der Waals surface area contributed by atoms with E-state index in [0.29, 0.717) is 18.3 Å². The molecule has 1 amide bonds. The maximum atomic E-state index is 12.3. The smallest absolute Gasteiger partial charge is 0.227 e. The van der Waals surface area contributed by atoms with Crippen LogP contribution in [0.25, 0.3) is 0 Å². The van der Waals surface area contributed by atoms with Crippen molar-refractivity contribution < 1.29 is 4.79 Å². The monoisotopic (exact) mass is 245 g/mol. The second-order valence-electron chi connectivity index (χ2n) is 5.91. The van der Waals surface area contributed by atoms with Crippen LogP contribution in [0.5, 0.6) is 0 Å². The largest absolute Gasteiger partial charge is 0.342 e. The third-order valence-electron chi connectivity index (χ3n) is 3.70. The van der Waals surface area contributed by atoms with Crippen LogP contribution in [0.4, 0.5) is 0 Å². The van der Waals surface area contributed by atoms with Gasteiger partial charge in [-0.3, -0.25) is 4.79 Å². The zero-order valence-electron chi connectivity index (χ0n) is 11.6. The number of carbonyl (C=O) groups is 1. The number of piperidine rings is 1. The molecule has 0 unspecified atom stereocenters. The van der Waals surface area contributed by atoms with Crippen molar-refractivity contribution in [2.24, 2.45) is 11.8 Å². The molecule has 1 aromatic carbocycles. The van der Waals surface area contributed by atoms with Gasteiger partial charge in [0.25, 0.3) is 0 Å². The average Bonchev–Trinajstić information content (AvgIpc) is 2.31. The third-order valence-corrected chi connectivity index (χ3v) is 3.70. The Balaban J connectivity index is 1.97. The Morgan fingerprint density at radius 2 is 1.72 bits per heavy atom. The Morgan fingerprint density at radius 1 is 1.17 bits per heavy atom. The Bertz CT molecular complexity index is 400. The highest BCUT2D eigenvalue weighted by atomic mass is 16.2. The molecule has 2 heteroatoms. The molecule has 0 aliphatic carbocycles. The summed E-state index contributed by atoms with van der Waals surface area (Å²) in [5.41, 5.74) is 2.36. The number of likely N-dealkylation sites (tertiary alicyclic amines) is 1. The first-order valence-electron chi connectivity index (χ1n) is 6.88. The fourth-order valence-corrected chi connectivity index (χ4v) is 2.86. The van der Waals surface area contributed by atoms with Gasteiger partial charge in [0, 0.05) is 13.1 Å². The number of hydrogen-bond acceptors (Lipinski definition) is 1. The van der Waals surface area contributed by atoms with Crippen LogP contribution >= 0.6 is 0 Å². The van der Waals surface area contributed by atoms with E-state index in [4.69, 9.17) is 0 Å². The minimum atomic E-state index is 0.275. The van der Waals surface area contributed by atoms with E-state index in [-0.39, 0.29) is 5.91 Å². The number of rotatable bonds is 2. The average molecular weight is 245 g/mol. The molecule has 0 saturated carbocycles. The second kappa shape index (κ2) is 5.55. The molecule has 18 heavy (non-hydrogen) atoms. The van der Waals surface area contributed by atoms with Gasteiger partial charge in [-0.15, -0.1) is 0 Å². The van der Waals surface area contributed by atoms with Crippen LogP contribution in [0.2, 0.25) is 0 Å². The zero-order chi connectivity index (χ0) is 13.1. The van der Waals surface area contributed by atoms with Gasteiger partial charge in [-0.2, -0.15) is 0 Å². The molecule has 0 N–H and O–H groups in total. The number of benzene rings is 1. The lowest BCUT2D eigenvalue weighted by Gasteiger charge is -2.35. The summed E-state index contributed by atoms with van der Waals surface area (Å²) in [6.45, 7) is 8.40. The van der Waals surface area contributed by atoms with Crippen molar-refractivity contribution in [1.29, 1.82) is 0 Å². The highest BCUT2D eigenvalue weighted by molar-refractivity contribution is 5.78. The molecule has 1 aliphatic rings. The number of nitrogens with zero attached hydrogens (tertiary/aromatic N) is 1. The van der Waals surface area contributed by atoms with Crippen molar-refractivity contribution in [3.8, 4) is 0 Å². The van der Waals surface area contributed by atoms with Crippen molar-refractivity contribution in [1.82, 2.24) is 4.90 Å². The predicted molar refractivity (Wildman–Crippen MR) is 74.4 cm³/mol. The van der Waals surface area contributed by atoms with Crippen LogP contribution in [0.3, 0.4) is 0 Å². The van der Waals surface area contributed by atoms with Gasteiger partial charge in [-0.05, 0) is 30.7 Å². The van der Waals surface area contributed by atoms with E-state index in [9.17, 15) is 4.79 Å². The Kier molecular flexibility index (Phi) is 4.05.